The van der Waals surface area contributed by atoms with Crippen LogP contribution in [0.5, 0.6) is 0 Å². The lowest BCUT2D eigenvalue weighted by atomic mass is 10.2. The van der Waals surface area contributed by atoms with Gasteiger partial charge in [0.1, 0.15) is 5.82 Å². The number of aromatic nitrogens is 3. The third kappa shape index (κ3) is 1.53. The third-order valence-electron chi connectivity index (χ3n) is 2.88. The maximum absolute atomic E-state index is 5.98. The maximum atomic E-state index is 5.98. The van der Waals surface area contributed by atoms with E-state index < -0.39 is 0 Å². The molecule has 0 bridgehead atoms. The summed E-state index contributed by atoms with van der Waals surface area (Å²) in [6.07, 6.45) is 3.62. The smallest absolute Gasteiger partial charge is 0.225 e. The number of methoxy groups -OCH3 is 1. The van der Waals surface area contributed by atoms with Crippen LogP contribution in [0.4, 0.5) is 0 Å². The van der Waals surface area contributed by atoms with Gasteiger partial charge in [-0.2, -0.15) is 0 Å². The third-order valence-corrected chi connectivity index (χ3v) is 3.13. The van der Waals surface area contributed by atoms with Crippen LogP contribution in [0.15, 0.2) is 0 Å². The van der Waals surface area contributed by atoms with Gasteiger partial charge in [0.05, 0.1) is 12.1 Å². The predicted octanol–water partition coefficient (Wildman–Crippen LogP) is 1.98. The van der Waals surface area contributed by atoms with Crippen LogP contribution in [-0.2, 0) is 4.74 Å². The quantitative estimate of drug-likeness (QED) is 0.758. The highest BCUT2D eigenvalue weighted by Crippen LogP contribution is 2.34. The Kier molecular flexibility index (Phi) is 2.74. The lowest BCUT2D eigenvalue weighted by Gasteiger charge is -2.20. The molecule has 2 unspecified atom stereocenters. The van der Waals surface area contributed by atoms with E-state index in [1.54, 1.807) is 7.11 Å². The fourth-order valence-electron chi connectivity index (χ4n) is 2.20. The zero-order valence-electron chi connectivity index (χ0n) is 8.40. The Morgan fingerprint density at radius 1 is 1.43 bits per heavy atom. The van der Waals surface area contributed by atoms with E-state index in [2.05, 4.69) is 10.2 Å². The average molecular weight is 216 g/mol. The first-order valence-corrected chi connectivity index (χ1v) is 5.21. The van der Waals surface area contributed by atoms with Gasteiger partial charge in [-0.15, -0.1) is 10.2 Å². The predicted molar refractivity (Wildman–Crippen MR) is 53.5 cm³/mol. The minimum atomic E-state index is 0.252. The molecule has 4 nitrogen and oxygen atoms in total. The van der Waals surface area contributed by atoms with Crippen molar-refractivity contribution in [3.05, 3.63) is 11.1 Å². The lowest BCUT2D eigenvalue weighted by molar-refractivity contribution is 0.0742. The highest BCUT2D eigenvalue weighted by molar-refractivity contribution is 6.28. The molecule has 1 heterocycles. The summed E-state index contributed by atoms with van der Waals surface area (Å²) in [5.74, 6) is 0.865. The summed E-state index contributed by atoms with van der Waals surface area (Å²) < 4.78 is 7.40. The van der Waals surface area contributed by atoms with E-state index in [9.17, 15) is 0 Å². The first kappa shape index (κ1) is 9.93. The Morgan fingerprint density at radius 3 is 2.79 bits per heavy atom. The molecule has 1 aliphatic rings. The summed E-state index contributed by atoms with van der Waals surface area (Å²) in [5, 5.41) is 8.28. The largest absolute Gasteiger partial charge is 0.379 e. The molecule has 0 radical (unpaired) electrons. The minimum absolute atomic E-state index is 0.252. The van der Waals surface area contributed by atoms with Gasteiger partial charge in [-0.1, -0.05) is 0 Å². The van der Waals surface area contributed by atoms with Crippen LogP contribution < -0.4 is 0 Å². The van der Waals surface area contributed by atoms with Gasteiger partial charge in [0, 0.05) is 7.11 Å². The fourth-order valence-corrected chi connectivity index (χ4v) is 2.48. The van der Waals surface area contributed by atoms with Crippen LogP contribution in [-0.4, -0.2) is 28.0 Å². The number of rotatable bonds is 2. The Bertz CT molecular complexity index is 306. The van der Waals surface area contributed by atoms with Crippen molar-refractivity contribution in [3.8, 4) is 0 Å². The van der Waals surface area contributed by atoms with Gasteiger partial charge in [0.2, 0.25) is 5.28 Å². The first-order chi connectivity index (χ1) is 6.74. The van der Waals surface area contributed by atoms with E-state index in [1.165, 1.54) is 6.42 Å². The number of ether oxygens (including phenoxy) is 1. The van der Waals surface area contributed by atoms with Crippen LogP contribution in [0.25, 0.3) is 0 Å². The maximum Gasteiger partial charge on any atom is 0.225 e. The number of hydrogen-bond acceptors (Lipinski definition) is 3. The number of aryl methyl sites for hydroxylation is 1. The van der Waals surface area contributed by atoms with Crippen molar-refractivity contribution in [2.45, 2.75) is 38.3 Å². The molecule has 2 atom stereocenters. The summed E-state index contributed by atoms with van der Waals surface area (Å²) in [5.41, 5.74) is 0. The lowest BCUT2D eigenvalue weighted by Crippen LogP contribution is -2.21. The van der Waals surface area contributed by atoms with Crippen LogP contribution in [0.3, 0.4) is 0 Å². The van der Waals surface area contributed by atoms with E-state index in [0.29, 0.717) is 11.3 Å². The Hall–Kier alpha value is -0.610. The molecule has 0 amide bonds. The molecular formula is C9H14ClN3O. The molecule has 1 fully saturated rings. The van der Waals surface area contributed by atoms with Crippen LogP contribution in [0.2, 0.25) is 5.28 Å². The molecule has 0 saturated heterocycles. The summed E-state index contributed by atoms with van der Waals surface area (Å²) >= 11 is 5.98. The van der Waals surface area contributed by atoms with Gasteiger partial charge in [-0.05, 0) is 37.8 Å². The molecule has 1 aromatic heterocycles. The summed E-state index contributed by atoms with van der Waals surface area (Å²) in [4.78, 5) is 0. The Balaban J connectivity index is 2.29. The van der Waals surface area contributed by atoms with Crippen molar-refractivity contribution >= 4 is 11.6 Å². The SMILES string of the molecule is COC1CCCC1n1c(C)nnc1Cl. The standard InChI is InChI=1S/C9H14ClN3O/c1-6-11-12-9(10)13(6)7-4-3-5-8(7)14-2/h7-8H,3-5H2,1-2H3. The van der Waals surface area contributed by atoms with Crippen molar-refractivity contribution < 1.29 is 4.74 Å². The molecule has 0 N–H and O–H groups in total. The van der Waals surface area contributed by atoms with Crippen LogP contribution >= 0.6 is 11.6 Å². The topological polar surface area (TPSA) is 39.9 Å². The summed E-state index contributed by atoms with van der Waals surface area (Å²) in [7, 11) is 1.75. The highest BCUT2D eigenvalue weighted by atomic mass is 35.5. The molecule has 0 aliphatic heterocycles. The summed E-state index contributed by atoms with van der Waals surface area (Å²) in [6.45, 7) is 1.92. The van der Waals surface area contributed by atoms with Crippen molar-refractivity contribution in [2.75, 3.05) is 7.11 Å². The molecule has 1 aromatic rings. The number of halogens is 1. The number of hydrogen-bond donors (Lipinski definition) is 0. The van der Waals surface area contributed by atoms with Crippen LogP contribution in [0.1, 0.15) is 31.1 Å². The minimum Gasteiger partial charge on any atom is -0.379 e. The van der Waals surface area contributed by atoms with Crippen molar-refractivity contribution in [2.24, 2.45) is 0 Å². The molecule has 0 spiro atoms. The second kappa shape index (κ2) is 3.87. The van der Waals surface area contributed by atoms with Gasteiger partial charge in [-0.3, -0.25) is 4.57 Å². The monoisotopic (exact) mass is 215 g/mol. The van der Waals surface area contributed by atoms with Crippen molar-refractivity contribution in [1.29, 1.82) is 0 Å². The molecule has 1 saturated carbocycles. The Morgan fingerprint density at radius 2 is 2.21 bits per heavy atom. The second-order valence-corrected chi connectivity index (χ2v) is 4.00. The van der Waals surface area contributed by atoms with Gasteiger partial charge < -0.3 is 4.74 Å². The highest BCUT2D eigenvalue weighted by Gasteiger charge is 2.31. The van der Waals surface area contributed by atoms with Gasteiger partial charge in [-0.25, -0.2) is 0 Å². The van der Waals surface area contributed by atoms with Crippen LogP contribution in [0, 0.1) is 6.92 Å². The molecule has 2 rings (SSSR count). The molecule has 0 aromatic carbocycles. The van der Waals surface area contributed by atoms with Gasteiger partial charge in [0.15, 0.2) is 0 Å². The fraction of sp³-hybridized carbons (Fsp3) is 0.778. The van der Waals surface area contributed by atoms with E-state index in [4.69, 9.17) is 16.3 Å². The normalized spacial score (nSPS) is 27.1. The molecular weight excluding hydrogens is 202 g/mol. The molecule has 5 heteroatoms. The van der Waals surface area contributed by atoms with Gasteiger partial charge >= 0.3 is 0 Å². The molecule has 14 heavy (non-hydrogen) atoms. The van der Waals surface area contributed by atoms with E-state index in [0.717, 1.165) is 18.7 Å². The molecule has 1 aliphatic carbocycles. The van der Waals surface area contributed by atoms with Gasteiger partial charge in [0.25, 0.3) is 0 Å². The molecule has 78 valence electrons. The van der Waals surface area contributed by atoms with E-state index >= 15 is 0 Å². The Labute approximate surface area is 88.2 Å². The van der Waals surface area contributed by atoms with E-state index in [-0.39, 0.29) is 6.10 Å². The average Bonchev–Trinajstić information content (AvgIpc) is 2.73. The summed E-state index contributed by atoms with van der Waals surface area (Å²) in [6, 6.07) is 0.308. The zero-order valence-corrected chi connectivity index (χ0v) is 9.16. The van der Waals surface area contributed by atoms with Crippen molar-refractivity contribution in [1.82, 2.24) is 14.8 Å². The van der Waals surface area contributed by atoms with E-state index in [1.807, 2.05) is 11.5 Å². The zero-order chi connectivity index (χ0) is 10.1. The van der Waals surface area contributed by atoms with Crippen molar-refractivity contribution in [3.63, 3.8) is 0 Å². The number of nitrogens with zero attached hydrogens (tertiary/aromatic N) is 3. The second-order valence-electron chi connectivity index (χ2n) is 3.66. The first-order valence-electron chi connectivity index (χ1n) is 4.84.